The van der Waals surface area contributed by atoms with Crippen molar-refractivity contribution in [2.75, 3.05) is 0 Å². The number of benzene rings is 2. The van der Waals surface area contributed by atoms with Gasteiger partial charge in [-0.1, -0.05) is 30.3 Å². The van der Waals surface area contributed by atoms with Gasteiger partial charge in [-0.05, 0) is 29.8 Å². The highest BCUT2D eigenvalue weighted by atomic mass is 19.1. The fourth-order valence-corrected chi connectivity index (χ4v) is 3.67. The Labute approximate surface area is 176 Å². The van der Waals surface area contributed by atoms with E-state index in [1.807, 2.05) is 30.3 Å². The van der Waals surface area contributed by atoms with Gasteiger partial charge in [-0.2, -0.15) is 0 Å². The molecule has 0 unspecified atom stereocenters. The lowest BCUT2D eigenvalue weighted by molar-refractivity contribution is 0.469. The summed E-state index contributed by atoms with van der Waals surface area (Å²) in [5.41, 5.74) is 2.74. The van der Waals surface area contributed by atoms with Gasteiger partial charge in [0.25, 0.3) is 5.56 Å². The van der Waals surface area contributed by atoms with E-state index in [9.17, 15) is 14.3 Å². The number of hydrogen-bond donors (Lipinski definition) is 2. The molecule has 0 aliphatic carbocycles. The van der Waals surface area contributed by atoms with Gasteiger partial charge in [-0.15, -0.1) is 0 Å². The fourth-order valence-electron chi connectivity index (χ4n) is 3.67. The Kier molecular flexibility index (Phi) is 4.63. The molecule has 0 saturated carbocycles. The van der Waals surface area contributed by atoms with Gasteiger partial charge in [-0.3, -0.25) is 9.36 Å². The van der Waals surface area contributed by atoms with Crippen LogP contribution >= 0.6 is 0 Å². The number of phenolic OH excluding ortho intramolecular Hbond substituents is 1. The summed E-state index contributed by atoms with van der Waals surface area (Å²) in [5, 5.41) is 9.83. The number of furan rings is 1. The van der Waals surface area contributed by atoms with Crippen molar-refractivity contribution in [1.82, 2.24) is 14.5 Å². The molecule has 0 radical (unpaired) electrons. The van der Waals surface area contributed by atoms with Gasteiger partial charge in [0.2, 0.25) is 0 Å². The molecule has 0 amide bonds. The monoisotopic (exact) mass is 415 g/mol. The first-order valence-electron chi connectivity index (χ1n) is 9.76. The van der Waals surface area contributed by atoms with Crippen molar-refractivity contribution in [2.45, 2.75) is 12.8 Å². The number of imidazole rings is 1. The van der Waals surface area contributed by atoms with Gasteiger partial charge in [0.15, 0.2) is 5.82 Å². The number of rotatable bonds is 5. The second-order valence-electron chi connectivity index (χ2n) is 7.32. The van der Waals surface area contributed by atoms with E-state index in [0.29, 0.717) is 40.6 Å². The fraction of sp³-hybridized carbons (Fsp3) is 0.0833. The molecule has 2 N–H and O–H groups in total. The summed E-state index contributed by atoms with van der Waals surface area (Å²) in [6, 6.07) is 17.1. The summed E-state index contributed by atoms with van der Waals surface area (Å²) in [7, 11) is 0. The predicted molar refractivity (Wildman–Crippen MR) is 113 cm³/mol. The van der Waals surface area contributed by atoms with E-state index in [2.05, 4.69) is 9.97 Å². The van der Waals surface area contributed by atoms with Crippen molar-refractivity contribution in [3.63, 3.8) is 0 Å². The van der Waals surface area contributed by atoms with E-state index in [0.717, 1.165) is 11.6 Å². The maximum absolute atomic E-state index is 13.9. The lowest BCUT2D eigenvalue weighted by atomic mass is 10.1. The number of phenols is 1. The molecule has 2 aliphatic heterocycles. The first-order valence-corrected chi connectivity index (χ1v) is 9.76. The number of aromatic amines is 1. The Bertz CT molecular complexity index is 1350. The van der Waals surface area contributed by atoms with Crippen LogP contribution in [0.2, 0.25) is 0 Å². The molecule has 0 saturated heterocycles. The Balaban J connectivity index is 1.68. The molecule has 5 rings (SSSR count). The summed E-state index contributed by atoms with van der Waals surface area (Å²) >= 11 is 0. The minimum Gasteiger partial charge on any atom is -0.508 e. The quantitative estimate of drug-likeness (QED) is 0.449. The maximum Gasteiger partial charge on any atom is 0.278 e. The first-order chi connectivity index (χ1) is 15.1. The predicted octanol–water partition coefficient (Wildman–Crippen LogP) is 4.28. The molecular weight excluding hydrogens is 397 g/mol. The Morgan fingerprint density at radius 1 is 1.06 bits per heavy atom. The number of aromatic hydroxyl groups is 1. The molecule has 1 aromatic heterocycles. The van der Waals surface area contributed by atoms with Crippen molar-refractivity contribution in [3.05, 3.63) is 112 Å². The van der Waals surface area contributed by atoms with Gasteiger partial charge in [-0.25, -0.2) is 9.37 Å². The van der Waals surface area contributed by atoms with Crippen molar-refractivity contribution < 1.29 is 13.9 Å². The molecule has 3 heterocycles. The smallest absolute Gasteiger partial charge is 0.278 e. The Hall–Kier alpha value is -4.13. The summed E-state index contributed by atoms with van der Waals surface area (Å²) in [5.74, 6) is 0.378. The lowest BCUT2D eigenvalue weighted by Gasteiger charge is -2.13. The number of hydrogen-bond acceptors (Lipinski definition) is 4. The lowest BCUT2D eigenvalue weighted by Crippen LogP contribution is -2.17. The van der Waals surface area contributed by atoms with Crippen LogP contribution in [0.1, 0.15) is 22.7 Å². The third-order valence-electron chi connectivity index (χ3n) is 5.09. The van der Waals surface area contributed by atoms with Crippen LogP contribution in [0.3, 0.4) is 0 Å². The highest BCUT2D eigenvalue weighted by Gasteiger charge is 2.21. The van der Waals surface area contributed by atoms with Crippen LogP contribution in [0.25, 0.3) is 17.1 Å². The van der Waals surface area contributed by atoms with Crippen LogP contribution in [0, 0.1) is 5.82 Å². The second-order valence-corrected chi connectivity index (χ2v) is 7.32. The molecule has 2 aliphatic rings. The highest BCUT2D eigenvalue weighted by molar-refractivity contribution is 5.62. The zero-order valence-electron chi connectivity index (χ0n) is 16.4. The van der Waals surface area contributed by atoms with E-state index in [-0.39, 0.29) is 17.7 Å². The zero-order chi connectivity index (χ0) is 21.4. The summed E-state index contributed by atoms with van der Waals surface area (Å²) < 4.78 is 20.7. The number of halogens is 1. The van der Waals surface area contributed by atoms with Gasteiger partial charge < -0.3 is 14.5 Å². The minimum atomic E-state index is -0.570. The Morgan fingerprint density at radius 3 is 2.65 bits per heavy atom. The van der Waals surface area contributed by atoms with Gasteiger partial charge in [0, 0.05) is 24.2 Å². The SMILES string of the molecule is O=c1c(Cc2ccco2)nc2c(Cc3ccccc3)[nH]c(-c3cc(O)cc(F)c3)cn1-2. The van der Waals surface area contributed by atoms with E-state index < -0.39 is 5.82 Å². The molecule has 0 bridgehead atoms. The topological polar surface area (TPSA) is 84.1 Å². The molecule has 6 nitrogen and oxygen atoms in total. The number of fused-ring (bicyclic) bond motifs is 1. The van der Waals surface area contributed by atoms with E-state index >= 15 is 0 Å². The first kappa shape index (κ1) is 18.9. The van der Waals surface area contributed by atoms with Crippen LogP contribution in [-0.4, -0.2) is 19.6 Å². The molecule has 0 fully saturated rings. The van der Waals surface area contributed by atoms with Crippen molar-refractivity contribution in [1.29, 1.82) is 0 Å². The summed E-state index contributed by atoms with van der Waals surface area (Å²) in [4.78, 5) is 21.0. The Morgan fingerprint density at radius 2 is 1.90 bits per heavy atom. The van der Waals surface area contributed by atoms with E-state index in [1.165, 1.54) is 16.7 Å². The molecule has 0 atom stereocenters. The molecular formula is C24H18FN3O3. The maximum atomic E-state index is 13.9. The average molecular weight is 415 g/mol. The average Bonchev–Trinajstić information content (AvgIpc) is 3.37. The standard InChI is InChI=1S/C24H18FN3O3/c25-17-10-16(11-18(29)12-17)22-14-28-23(20(26-22)9-15-5-2-1-3-6-15)27-21(24(28)30)13-19-7-4-8-31-19/h1-8,10-12,14,26,29H,9,13H2. The van der Waals surface area contributed by atoms with E-state index in [1.54, 1.807) is 24.6 Å². The van der Waals surface area contributed by atoms with Gasteiger partial charge in [0.1, 0.15) is 23.0 Å². The van der Waals surface area contributed by atoms with Crippen LogP contribution in [0.5, 0.6) is 5.75 Å². The minimum absolute atomic E-state index is 0.195. The summed E-state index contributed by atoms with van der Waals surface area (Å²) in [6.07, 6.45) is 3.91. The number of nitrogens with zero attached hydrogens (tertiary/aromatic N) is 2. The van der Waals surface area contributed by atoms with E-state index in [4.69, 9.17) is 4.42 Å². The molecule has 2 aromatic carbocycles. The normalized spacial score (nSPS) is 11.3. The van der Waals surface area contributed by atoms with Crippen LogP contribution in [0.4, 0.5) is 4.39 Å². The van der Waals surface area contributed by atoms with Crippen LogP contribution in [0.15, 0.2) is 82.3 Å². The third-order valence-corrected chi connectivity index (χ3v) is 5.09. The number of aromatic nitrogens is 3. The number of H-pyrrole nitrogens is 1. The second kappa shape index (κ2) is 7.60. The molecule has 154 valence electrons. The number of nitrogens with one attached hydrogen (secondary N) is 1. The summed E-state index contributed by atoms with van der Waals surface area (Å²) in [6.45, 7) is 0. The third kappa shape index (κ3) is 3.73. The largest absolute Gasteiger partial charge is 0.508 e. The zero-order valence-corrected chi connectivity index (χ0v) is 16.4. The van der Waals surface area contributed by atoms with Gasteiger partial charge >= 0.3 is 0 Å². The van der Waals surface area contributed by atoms with Crippen LogP contribution < -0.4 is 5.56 Å². The molecule has 7 heteroatoms. The molecule has 0 spiro atoms. The van der Waals surface area contributed by atoms with Gasteiger partial charge in [0.05, 0.1) is 24.1 Å². The molecule has 3 aromatic rings. The van der Waals surface area contributed by atoms with Crippen molar-refractivity contribution in [3.8, 4) is 22.8 Å². The van der Waals surface area contributed by atoms with Crippen LogP contribution in [-0.2, 0) is 12.8 Å². The highest BCUT2D eigenvalue weighted by Crippen LogP contribution is 2.27. The molecule has 31 heavy (non-hydrogen) atoms. The van der Waals surface area contributed by atoms with Crippen molar-refractivity contribution in [2.24, 2.45) is 0 Å². The van der Waals surface area contributed by atoms with Crippen molar-refractivity contribution >= 4 is 0 Å².